The maximum atomic E-state index is 12.2. The topological polar surface area (TPSA) is 26.3 Å². The quantitative estimate of drug-likeness (QED) is 0.450. The molecule has 0 aliphatic carbocycles. The van der Waals surface area contributed by atoms with Crippen molar-refractivity contribution in [1.29, 1.82) is 0 Å². The van der Waals surface area contributed by atoms with Crippen LogP contribution in [0.3, 0.4) is 0 Å². The Morgan fingerprint density at radius 2 is 2.24 bits per heavy atom. The molecule has 1 aromatic rings. The molecule has 1 aromatic carbocycles. The van der Waals surface area contributed by atoms with Gasteiger partial charge in [0.15, 0.2) is 5.78 Å². The van der Waals surface area contributed by atoms with E-state index in [1.54, 1.807) is 18.4 Å². The second-order valence-corrected chi connectivity index (χ2v) is 4.69. The third-order valence-corrected chi connectivity index (χ3v) is 3.25. The summed E-state index contributed by atoms with van der Waals surface area (Å²) in [7, 11) is 0. The fraction of sp³-hybridized carbons (Fsp3) is 0.364. The van der Waals surface area contributed by atoms with E-state index in [0.717, 1.165) is 0 Å². The van der Waals surface area contributed by atoms with Crippen LogP contribution in [0.4, 0.5) is 8.78 Å². The van der Waals surface area contributed by atoms with E-state index in [1.165, 1.54) is 17.8 Å². The van der Waals surface area contributed by atoms with Crippen LogP contribution in [0.25, 0.3) is 0 Å². The lowest BCUT2D eigenvalue weighted by molar-refractivity contribution is -0.0517. The molecule has 0 spiro atoms. The average Bonchev–Trinajstić information content (AvgIpc) is 2.28. The predicted molar refractivity (Wildman–Crippen MR) is 67.6 cm³/mol. The fourth-order valence-corrected chi connectivity index (χ4v) is 2.43. The number of ketones is 1. The molecule has 1 rings (SSSR count). The van der Waals surface area contributed by atoms with E-state index >= 15 is 0 Å². The monoisotopic (exact) mass is 324 g/mol. The molecular formula is C11H11BrF2O2S. The van der Waals surface area contributed by atoms with E-state index in [4.69, 9.17) is 0 Å². The Hall–Kier alpha value is -0.620. The van der Waals surface area contributed by atoms with Gasteiger partial charge in [-0.2, -0.15) is 8.78 Å². The Bertz CT molecular complexity index is 399. The first-order valence-corrected chi connectivity index (χ1v) is 7.15. The molecule has 0 heterocycles. The van der Waals surface area contributed by atoms with Crippen LogP contribution < -0.4 is 4.74 Å². The molecule has 0 aliphatic heterocycles. The number of halogens is 3. The van der Waals surface area contributed by atoms with Crippen molar-refractivity contribution in [2.75, 3.05) is 11.6 Å². The van der Waals surface area contributed by atoms with Gasteiger partial charge in [0, 0.05) is 17.3 Å². The minimum atomic E-state index is -2.89. The summed E-state index contributed by atoms with van der Waals surface area (Å²) in [4.78, 5) is 12.2. The molecule has 6 heteroatoms. The Labute approximate surface area is 111 Å². The smallest absolute Gasteiger partial charge is 0.387 e. The third-order valence-electron chi connectivity index (χ3n) is 2.02. The van der Waals surface area contributed by atoms with Crippen molar-refractivity contribution in [3.63, 3.8) is 0 Å². The molecule has 0 bridgehead atoms. The highest BCUT2D eigenvalue weighted by molar-refractivity contribution is 9.09. The molecule has 0 atom stereocenters. The van der Waals surface area contributed by atoms with Crippen molar-refractivity contribution in [2.45, 2.75) is 17.9 Å². The van der Waals surface area contributed by atoms with E-state index in [-0.39, 0.29) is 11.5 Å². The maximum absolute atomic E-state index is 12.2. The van der Waals surface area contributed by atoms with E-state index in [0.29, 0.717) is 22.2 Å². The molecule has 0 radical (unpaired) electrons. The van der Waals surface area contributed by atoms with Gasteiger partial charge >= 0.3 is 6.61 Å². The fourth-order valence-electron chi connectivity index (χ4n) is 1.36. The predicted octanol–water partition coefficient (Wildman–Crippen LogP) is 3.98. The second-order valence-electron chi connectivity index (χ2n) is 3.08. The first kappa shape index (κ1) is 14.4. The number of carbonyl (C=O) groups excluding carboxylic acids is 1. The number of thioether (sulfide) groups is 1. The Kier molecular flexibility index (Phi) is 5.91. The summed E-state index contributed by atoms with van der Waals surface area (Å²) in [6.07, 6.45) is 2.05. The number of benzene rings is 1. The van der Waals surface area contributed by atoms with E-state index < -0.39 is 6.61 Å². The van der Waals surface area contributed by atoms with Gasteiger partial charge in [0.25, 0.3) is 0 Å². The van der Waals surface area contributed by atoms with Gasteiger partial charge in [-0.3, -0.25) is 4.79 Å². The maximum Gasteiger partial charge on any atom is 0.387 e. The van der Waals surface area contributed by atoms with Crippen LogP contribution in [0.15, 0.2) is 23.1 Å². The molecule has 2 nitrogen and oxygen atoms in total. The number of hydrogen-bond donors (Lipinski definition) is 0. The number of ether oxygens (including phenoxy) is 1. The molecule has 0 amide bonds. The highest BCUT2D eigenvalue weighted by atomic mass is 79.9. The van der Waals surface area contributed by atoms with Crippen molar-refractivity contribution >= 4 is 33.5 Å². The Morgan fingerprint density at radius 3 is 2.76 bits per heavy atom. The minimum Gasteiger partial charge on any atom is -0.434 e. The van der Waals surface area contributed by atoms with Gasteiger partial charge in [-0.15, -0.1) is 11.8 Å². The second kappa shape index (κ2) is 6.96. The van der Waals surface area contributed by atoms with Crippen LogP contribution in [0.1, 0.15) is 16.8 Å². The van der Waals surface area contributed by atoms with Crippen molar-refractivity contribution in [2.24, 2.45) is 0 Å². The van der Waals surface area contributed by atoms with Gasteiger partial charge in [-0.05, 0) is 12.3 Å². The lowest BCUT2D eigenvalue weighted by Crippen LogP contribution is -2.07. The lowest BCUT2D eigenvalue weighted by atomic mass is 10.1. The van der Waals surface area contributed by atoms with Crippen molar-refractivity contribution in [1.82, 2.24) is 0 Å². The van der Waals surface area contributed by atoms with Gasteiger partial charge in [-0.25, -0.2) is 0 Å². The minimum absolute atomic E-state index is 0.0490. The van der Waals surface area contributed by atoms with Gasteiger partial charge in [0.2, 0.25) is 0 Å². The van der Waals surface area contributed by atoms with Crippen LogP contribution in [-0.2, 0) is 0 Å². The van der Waals surface area contributed by atoms with Gasteiger partial charge < -0.3 is 4.74 Å². The van der Waals surface area contributed by atoms with E-state index in [2.05, 4.69) is 20.7 Å². The van der Waals surface area contributed by atoms with E-state index in [9.17, 15) is 13.6 Å². The summed E-state index contributed by atoms with van der Waals surface area (Å²) in [5.74, 6) is -0.0427. The number of alkyl halides is 3. The zero-order valence-electron chi connectivity index (χ0n) is 9.08. The Morgan fingerprint density at radius 1 is 1.53 bits per heavy atom. The van der Waals surface area contributed by atoms with E-state index in [1.807, 2.05) is 0 Å². The summed E-state index contributed by atoms with van der Waals surface area (Å²) in [6.45, 7) is -2.89. The molecule has 0 fully saturated rings. The van der Waals surface area contributed by atoms with Gasteiger partial charge in [0.05, 0.1) is 4.90 Å². The molecule has 0 aliphatic rings. The van der Waals surface area contributed by atoms with Crippen molar-refractivity contribution in [3.8, 4) is 5.75 Å². The van der Waals surface area contributed by atoms with Crippen molar-refractivity contribution < 1.29 is 18.3 Å². The molecule has 0 N–H and O–H groups in total. The highest BCUT2D eigenvalue weighted by Gasteiger charge is 2.16. The van der Waals surface area contributed by atoms with Crippen LogP contribution >= 0.6 is 27.7 Å². The van der Waals surface area contributed by atoms with Crippen LogP contribution in [0.2, 0.25) is 0 Å². The summed E-state index contributed by atoms with van der Waals surface area (Å²) >= 11 is 4.40. The van der Waals surface area contributed by atoms with Gasteiger partial charge in [0.1, 0.15) is 5.75 Å². The normalized spacial score (nSPS) is 10.6. The number of Topliss-reactive ketones (excluding diaryl/α,β-unsaturated/α-hetero) is 1. The van der Waals surface area contributed by atoms with Crippen LogP contribution in [-0.4, -0.2) is 24.0 Å². The number of carbonyl (C=O) groups is 1. The zero-order valence-corrected chi connectivity index (χ0v) is 11.5. The highest BCUT2D eigenvalue weighted by Crippen LogP contribution is 2.33. The largest absolute Gasteiger partial charge is 0.434 e. The summed E-state index contributed by atoms with van der Waals surface area (Å²) < 4.78 is 28.8. The summed E-state index contributed by atoms with van der Waals surface area (Å²) in [5.41, 5.74) is 0.426. The number of hydrogen-bond acceptors (Lipinski definition) is 3. The Balaban J connectivity index is 3.09. The SMILES string of the molecule is CSc1c(OC(F)F)cccc1C(=O)CCBr. The molecule has 0 saturated carbocycles. The molecule has 0 saturated heterocycles. The average molecular weight is 325 g/mol. The number of rotatable bonds is 6. The first-order valence-electron chi connectivity index (χ1n) is 4.81. The van der Waals surface area contributed by atoms with Gasteiger partial charge in [-0.1, -0.05) is 28.1 Å². The first-order chi connectivity index (χ1) is 8.10. The molecular weight excluding hydrogens is 314 g/mol. The third kappa shape index (κ3) is 3.96. The molecule has 94 valence electrons. The zero-order chi connectivity index (χ0) is 12.8. The molecule has 17 heavy (non-hydrogen) atoms. The van der Waals surface area contributed by atoms with Crippen LogP contribution in [0.5, 0.6) is 5.75 Å². The summed E-state index contributed by atoms with van der Waals surface area (Å²) in [6, 6.07) is 4.59. The summed E-state index contributed by atoms with van der Waals surface area (Å²) in [5, 5.41) is 0.541. The van der Waals surface area contributed by atoms with Crippen molar-refractivity contribution in [3.05, 3.63) is 23.8 Å². The lowest BCUT2D eigenvalue weighted by Gasteiger charge is -2.12. The standard InChI is InChI=1S/C11H11BrF2O2S/c1-17-10-7(8(15)5-6-12)3-2-4-9(10)16-11(13)14/h2-4,11H,5-6H2,1H3. The molecule has 0 unspecified atom stereocenters. The molecule has 0 aromatic heterocycles. The van der Waals surface area contributed by atoms with Crippen LogP contribution in [0, 0.1) is 0 Å².